The molecule has 4 aliphatic heterocycles. The van der Waals surface area contributed by atoms with E-state index in [1.165, 1.54) is 27.9 Å². The summed E-state index contributed by atoms with van der Waals surface area (Å²) < 4.78 is 141. The number of aliphatic imine (C=N–C) groups is 4. The molecule has 30 atom stereocenters. The number of rotatable bonds is 18. The fraction of sp³-hybridized carbons (Fsp3) is 0.857. The summed E-state index contributed by atoms with van der Waals surface area (Å²) in [4.78, 5) is 39.4. The van der Waals surface area contributed by atoms with Gasteiger partial charge in [-0.1, -0.05) is 0 Å². The predicted octanol–water partition coefficient (Wildman–Crippen LogP) is -18.3. The van der Waals surface area contributed by atoms with Crippen LogP contribution in [-0.2, 0) is 78.7 Å². The molecule has 95 heavy (non-hydrogen) atoms. The zero-order valence-corrected chi connectivity index (χ0v) is 52.3. The van der Waals surface area contributed by atoms with Crippen molar-refractivity contribution in [2.24, 2.45) is 65.8 Å². The van der Waals surface area contributed by atoms with Gasteiger partial charge in [-0.2, -0.15) is 25.3 Å². The minimum Gasteiger partial charge on any atom is -0.394 e. The Morgan fingerprint density at radius 2 is 0.674 bits per heavy atom. The van der Waals surface area contributed by atoms with E-state index in [0.29, 0.717) is 0 Å². The SMILES string of the molecule is CN[C@@H]1C(O[C@H]2[C@H](O[C@H]3[C@H](O)[C@@H](O)[C@H](N=C(N)N)[C@@H](O)[C@@H]3N=C(N)N)O[C@@H](C)[C@]2(O)C=O)O[C@@H](CO)[C@H](O)[C@H]1O.CN[C@@H]1C(O[C@H]2[C@H](O[C@H]3[C@H](O)[C@@H](O)[C@H](N=C(N)N)[C@@H](O)[C@@H]3N=C(N)N)O[C@@H](C)[C@]2(O)C=O)O[C@@H](CO)[C@H](O)[C@H]1O.O=S(=O)(O)O.O=S(=O)(O)O.O=S(=O)(O)O. The maximum absolute atomic E-state index is 12.1. The summed E-state index contributed by atoms with van der Waals surface area (Å²) >= 11 is 0. The summed E-state index contributed by atoms with van der Waals surface area (Å²) in [5, 5.41) is 153. The Balaban J connectivity index is 0.000000531. The number of guanidine groups is 4. The highest BCUT2D eigenvalue weighted by Gasteiger charge is 2.63. The molecule has 2 unspecified atom stereocenters. The normalized spacial score (nSPS) is 41.8. The first-order chi connectivity index (χ1) is 43.4. The van der Waals surface area contributed by atoms with Gasteiger partial charge in [0.2, 0.25) is 0 Å². The van der Waals surface area contributed by atoms with Gasteiger partial charge in [0, 0.05) is 0 Å². The Labute approximate surface area is 537 Å². The number of carbonyl (C=O) groups excluding carboxylic acids is 2. The molecule has 38 N–H and O–H groups in total. The van der Waals surface area contributed by atoms with E-state index in [9.17, 15) is 81.1 Å². The second-order valence-corrected chi connectivity index (χ2v) is 23.8. The van der Waals surface area contributed by atoms with Crippen LogP contribution in [0.1, 0.15) is 13.8 Å². The number of ether oxygens (including phenoxy) is 8. The Bertz CT molecular complexity index is 2680. The number of hydrogen-bond donors (Lipinski definition) is 30. The van der Waals surface area contributed by atoms with Gasteiger partial charge in [0.15, 0.2) is 72.8 Å². The maximum Gasteiger partial charge on any atom is 0.394 e. The molecule has 2 aliphatic carbocycles. The Kier molecular flexibility index (Phi) is 32.4. The topological polar surface area (TPSA) is 897 Å². The van der Waals surface area contributed by atoms with Crippen LogP contribution in [0.15, 0.2) is 20.0 Å². The Morgan fingerprint density at radius 3 is 0.895 bits per heavy atom. The van der Waals surface area contributed by atoms with E-state index in [4.69, 9.17) is 136 Å². The first kappa shape index (κ1) is 86.2. The van der Waals surface area contributed by atoms with E-state index in [0.717, 1.165) is 0 Å². The minimum absolute atomic E-state index is 0.140. The molecule has 0 bridgehead atoms. The van der Waals surface area contributed by atoms with Gasteiger partial charge in [-0.05, 0) is 27.9 Å². The number of aliphatic hydroxyl groups is 14. The standard InChI is InChI=1S/2C21H39N7O12.3H2O4S/c2*1-5-21(36,4-30)16(40-17-9(26-2)13(34)10(31)6(3-29)38-17)18(37-5)39-15-8(28-20(24)25)11(32)7(27-19(22)23)12(33)14(15)35;3*1-5(2,3)4/h2*4-18,26,29,31-36H,3H2,1-2H3,(H4,22,23,27)(H4,24,25,28);3*(H2,1,2,3,4)/t2*5-,6-,7+,8-,9-,10-,11+,12-,13-,14+,15+,16-,17?,18-,21+;;;/m00.../s1. The molecule has 0 aromatic rings. The molecule has 0 aromatic carbocycles. The van der Waals surface area contributed by atoms with Crippen LogP contribution in [0.25, 0.3) is 0 Å². The van der Waals surface area contributed by atoms with Crippen molar-refractivity contribution in [2.45, 2.75) is 196 Å². The van der Waals surface area contributed by atoms with Gasteiger partial charge in [-0.25, -0.2) is 20.0 Å². The molecule has 0 spiro atoms. The molecule has 50 nitrogen and oxygen atoms in total. The molecule has 53 heteroatoms. The average molecular weight is 1460 g/mol. The number of likely N-dealkylation sites (N-methyl/N-ethyl adjacent to an activating group) is 2. The van der Waals surface area contributed by atoms with Crippen molar-refractivity contribution in [1.82, 2.24) is 10.6 Å². The number of aliphatic hydroxyl groups excluding tert-OH is 12. The van der Waals surface area contributed by atoms with E-state index in [2.05, 4.69) is 30.6 Å². The summed E-state index contributed by atoms with van der Waals surface area (Å²) in [6.07, 6.45) is -34.6. The zero-order valence-electron chi connectivity index (χ0n) is 49.8. The lowest BCUT2D eigenvalue weighted by Crippen LogP contribution is -2.66. The lowest BCUT2D eigenvalue weighted by atomic mass is 9.81. The summed E-state index contributed by atoms with van der Waals surface area (Å²) in [5.74, 6) is -2.07. The maximum atomic E-state index is 12.1. The highest BCUT2D eigenvalue weighted by molar-refractivity contribution is 7.80. The molecule has 6 fully saturated rings. The quantitative estimate of drug-likeness (QED) is 0.0262. The summed E-state index contributed by atoms with van der Waals surface area (Å²) in [5.41, 5.74) is 38.8. The molecule has 4 saturated heterocycles. The van der Waals surface area contributed by atoms with Crippen molar-refractivity contribution in [1.29, 1.82) is 0 Å². The van der Waals surface area contributed by atoms with Gasteiger partial charge in [-0.3, -0.25) is 36.9 Å². The van der Waals surface area contributed by atoms with E-state index < -0.39 is 251 Å². The summed E-state index contributed by atoms with van der Waals surface area (Å²) in [6, 6.07) is -8.16. The number of hydrogen-bond acceptors (Lipinski definition) is 36. The first-order valence-electron chi connectivity index (χ1n) is 26.9. The summed E-state index contributed by atoms with van der Waals surface area (Å²) in [7, 11) is -11.2. The highest BCUT2D eigenvalue weighted by Crippen LogP contribution is 2.41. The Morgan fingerprint density at radius 1 is 0.421 bits per heavy atom. The van der Waals surface area contributed by atoms with Crippen LogP contribution in [0.4, 0.5) is 0 Å². The van der Waals surface area contributed by atoms with E-state index in [1.54, 1.807) is 0 Å². The molecule has 6 rings (SSSR count). The third-order valence-electron chi connectivity index (χ3n) is 14.7. The van der Waals surface area contributed by atoms with Crippen LogP contribution in [0.3, 0.4) is 0 Å². The van der Waals surface area contributed by atoms with Crippen LogP contribution in [0.5, 0.6) is 0 Å². The van der Waals surface area contributed by atoms with Crippen LogP contribution in [-0.4, -0.2) is 370 Å². The average Bonchev–Trinajstić information content (AvgIpc) is 1.68. The van der Waals surface area contributed by atoms with E-state index in [1.807, 2.05) is 0 Å². The second-order valence-electron chi connectivity index (χ2n) is 21.1. The van der Waals surface area contributed by atoms with Gasteiger partial charge >= 0.3 is 31.2 Å². The third-order valence-corrected chi connectivity index (χ3v) is 14.7. The van der Waals surface area contributed by atoms with Crippen molar-refractivity contribution >= 4 is 67.6 Å². The van der Waals surface area contributed by atoms with Crippen molar-refractivity contribution in [3.8, 4) is 0 Å². The zero-order chi connectivity index (χ0) is 73.7. The lowest BCUT2D eigenvalue weighted by Gasteiger charge is -2.45. The predicted molar refractivity (Wildman–Crippen MR) is 308 cm³/mol. The smallest absolute Gasteiger partial charge is 0.394 e. The number of nitrogens with zero attached hydrogens (tertiary/aromatic N) is 4. The summed E-state index contributed by atoms with van der Waals surface area (Å²) in [6.45, 7) is 1.24. The second kappa shape index (κ2) is 35.7. The molecule has 2 saturated carbocycles. The van der Waals surface area contributed by atoms with Crippen molar-refractivity contribution < 1.29 is 172 Å². The number of nitrogens with two attached hydrogens (primary N) is 8. The lowest BCUT2D eigenvalue weighted by molar-refractivity contribution is -0.314. The van der Waals surface area contributed by atoms with E-state index in [-0.39, 0.29) is 12.6 Å². The van der Waals surface area contributed by atoms with Crippen LogP contribution >= 0.6 is 0 Å². The number of carbonyl (C=O) groups is 2. The van der Waals surface area contributed by atoms with Crippen LogP contribution in [0, 0.1) is 0 Å². The van der Waals surface area contributed by atoms with Crippen molar-refractivity contribution in [3.63, 3.8) is 0 Å². The molecule has 0 aromatic heterocycles. The first-order valence-corrected chi connectivity index (χ1v) is 31.0. The fourth-order valence-corrected chi connectivity index (χ4v) is 10.2. The molecule has 0 amide bonds. The van der Waals surface area contributed by atoms with Gasteiger partial charge < -0.3 is 166 Å². The molecule has 0 radical (unpaired) electrons. The third kappa shape index (κ3) is 23.6. The monoisotopic (exact) mass is 1460 g/mol. The minimum atomic E-state index is -4.67. The van der Waals surface area contributed by atoms with Gasteiger partial charge in [0.05, 0.1) is 37.5 Å². The van der Waals surface area contributed by atoms with E-state index >= 15 is 0 Å². The van der Waals surface area contributed by atoms with Crippen molar-refractivity contribution in [3.05, 3.63) is 0 Å². The van der Waals surface area contributed by atoms with Crippen LogP contribution in [0.2, 0.25) is 0 Å². The van der Waals surface area contributed by atoms with Gasteiger partial charge in [0.25, 0.3) is 0 Å². The van der Waals surface area contributed by atoms with Gasteiger partial charge in [0.1, 0.15) is 122 Å². The van der Waals surface area contributed by atoms with Crippen LogP contribution < -0.4 is 56.5 Å². The Hall–Kier alpha value is -4.93. The number of nitrogens with one attached hydrogen (secondary N) is 2. The number of aldehydes is 2. The molecule has 6 aliphatic rings. The molecular formula is C42H84N14O36S3. The molecular weight excluding hydrogens is 1370 g/mol. The highest BCUT2D eigenvalue weighted by atomic mass is 32.3. The fourth-order valence-electron chi connectivity index (χ4n) is 10.2. The molecule has 556 valence electrons. The van der Waals surface area contributed by atoms with Crippen molar-refractivity contribution in [2.75, 3.05) is 27.3 Å². The molecule has 4 heterocycles. The van der Waals surface area contributed by atoms with Gasteiger partial charge in [-0.15, -0.1) is 0 Å². The largest absolute Gasteiger partial charge is 0.394 e.